The van der Waals surface area contributed by atoms with E-state index in [0.717, 1.165) is 27.9 Å². The summed E-state index contributed by atoms with van der Waals surface area (Å²) >= 11 is 0. The Morgan fingerprint density at radius 3 is 2.23 bits per heavy atom. The van der Waals surface area contributed by atoms with Crippen LogP contribution in [0.15, 0.2) is 60.7 Å². The molecule has 1 aliphatic heterocycles. The maximum Gasteiger partial charge on any atom is 0.271 e. The summed E-state index contributed by atoms with van der Waals surface area (Å²) in [4.78, 5) is 15.2. The third-order valence-corrected chi connectivity index (χ3v) is 5.77. The number of amides is 1. The maximum atomic E-state index is 13.3. The minimum atomic E-state index is -0.626. The standard InChI is InChI=1S/C26H27NO4/c1-16-10-11-17(2)20(14-16)27-24(19-12-13-22(29-4)23(15-19)30-5)25(26(27)28)31-21-9-7-6-8-18(21)3/h6-15,24-25H,1-5H3/t24-,25-/m0/s1. The topological polar surface area (TPSA) is 48.0 Å². The Hall–Kier alpha value is -3.47. The number of hydrogen-bond acceptors (Lipinski definition) is 4. The van der Waals surface area contributed by atoms with Crippen LogP contribution in [0.1, 0.15) is 28.3 Å². The van der Waals surface area contributed by atoms with Gasteiger partial charge in [-0.2, -0.15) is 0 Å². The van der Waals surface area contributed by atoms with Crippen LogP contribution >= 0.6 is 0 Å². The molecule has 0 saturated carbocycles. The highest BCUT2D eigenvalue weighted by Crippen LogP contribution is 2.44. The number of benzene rings is 3. The number of anilines is 1. The molecule has 0 spiro atoms. The van der Waals surface area contributed by atoms with Crippen molar-refractivity contribution in [2.75, 3.05) is 19.1 Å². The summed E-state index contributed by atoms with van der Waals surface area (Å²) in [6.45, 7) is 6.02. The van der Waals surface area contributed by atoms with E-state index in [1.807, 2.05) is 80.3 Å². The Balaban J connectivity index is 1.78. The van der Waals surface area contributed by atoms with Crippen LogP contribution in [0.3, 0.4) is 0 Å². The molecule has 5 nitrogen and oxygen atoms in total. The Morgan fingerprint density at radius 1 is 0.774 bits per heavy atom. The van der Waals surface area contributed by atoms with Gasteiger partial charge in [-0.25, -0.2) is 0 Å². The SMILES string of the molecule is COc1ccc([C@H]2[C@H](Oc3ccccc3C)C(=O)N2c2cc(C)ccc2C)cc1OC. The molecular formula is C26H27NO4. The van der Waals surface area contributed by atoms with E-state index in [1.54, 1.807) is 14.2 Å². The van der Waals surface area contributed by atoms with Gasteiger partial charge in [-0.15, -0.1) is 0 Å². The van der Waals surface area contributed by atoms with Crippen LogP contribution in [0, 0.1) is 20.8 Å². The van der Waals surface area contributed by atoms with E-state index in [1.165, 1.54) is 0 Å². The van der Waals surface area contributed by atoms with E-state index in [2.05, 4.69) is 6.07 Å². The molecule has 3 aromatic carbocycles. The van der Waals surface area contributed by atoms with Crippen molar-refractivity contribution >= 4 is 11.6 Å². The molecule has 0 N–H and O–H groups in total. The van der Waals surface area contributed by atoms with Crippen LogP contribution in [-0.4, -0.2) is 26.2 Å². The molecule has 1 amide bonds. The van der Waals surface area contributed by atoms with E-state index in [4.69, 9.17) is 14.2 Å². The number of carbonyl (C=O) groups is 1. The number of β-lactam (4-membered cyclic amide) rings is 1. The molecule has 0 aromatic heterocycles. The number of methoxy groups -OCH3 is 2. The maximum absolute atomic E-state index is 13.3. The van der Waals surface area contributed by atoms with Crippen molar-refractivity contribution in [2.45, 2.75) is 32.9 Å². The Morgan fingerprint density at radius 2 is 1.52 bits per heavy atom. The van der Waals surface area contributed by atoms with Crippen LogP contribution in [0.4, 0.5) is 5.69 Å². The van der Waals surface area contributed by atoms with Crippen molar-refractivity contribution in [1.82, 2.24) is 0 Å². The Bertz CT molecular complexity index is 1120. The minimum Gasteiger partial charge on any atom is -0.493 e. The fraction of sp³-hybridized carbons (Fsp3) is 0.269. The van der Waals surface area contributed by atoms with Gasteiger partial charge in [0, 0.05) is 5.69 Å². The predicted octanol–water partition coefficient (Wildman–Crippen LogP) is 5.16. The van der Waals surface area contributed by atoms with Crippen molar-refractivity contribution < 1.29 is 19.0 Å². The summed E-state index contributed by atoms with van der Waals surface area (Å²) in [6, 6.07) is 19.3. The molecule has 31 heavy (non-hydrogen) atoms. The van der Waals surface area contributed by atoms with Crippen LogP contribution in [0.25, 0.3) is 0 Å². The zero-order chi connectivity index (χ0) is 22.1. The van der Waals surface area contributed by atoms with Crippen LogP contribution in [-0.2, 0) is 4.79 Å². The normalized spacial score (nSPS) is 17.8. The van der Waals surface area contributed by atoms with Gasteiger partial charge in [0.2, 0.25) is 6.10 Å². The first kappa shape index (κ1) is 20.8. The molecule has 1 aliphatic rings. The third-order valence-electron chi connectivity index (χ3n) is 5.77. The van der Waals surface area contributed by atoms with Crippen molar-refractivity contribution in [2.24, 2.45) is 0 Å². The molecule has 2 atom stereocenters. The summed E-state index contributed by atoms with van der Waals surface area (Å²) in [6.07, 6.45) is -0.626. The molecule has 0 radical (unpaired) electrons. The average Bonchev–Trinajstić information content (AvgIpc) is 2.78. The first-order valence-electron chi connectivity index (χ1n) is 10.3. The van der Waals surface area contributed by atoms with Gasteiger partial charge in [0.05, 0.1) is 14.2 Å². The quantitative estimate of drug-likeness (QED) is 0.520. The molecule has 5 heteroatoms. The van der Waals surface area contributed by atoms with Gasteiger partial charge in [-0.3, -0.25) is 9.69 Å². The highest BCUT2D eigenvalue weighted by Gasteiger charge is 2.51. The molecule has 3 aromatic rings. The molecule has 1 heterocycles. The smallest absolute Gasteiger partial charge is 0.271 e. The van der Waals surface area contributed by atoms with Gasteiger partial charge < -0.3 is 14.2 Å². The summed E-state index contributed by atoms with van der Waals surface area (Å²) in [5.41, 5.74) is 4.96. The van der Waals surface area contributed by atoms with Gasteiger partial charge in [0.1, 0.15) is 11.8 Å². The largest absolute Gasteiger partial charge is 0.493 e. The lowest BCUT2D eigenvalue weighted by Gasteiger charge is -2.47. The van der Waals surface area contributed by atoms with Crippen molar-refractivity contribution in [3.63, 3.8) is 0 Å². The van der Waals surface area contributed by atoms with Crippen LogP contribution in [0.5, 0.6) is 17.2 Å². The zero-order valence-corrected chi connectivity index (χ0v) is 18.5. The van der Waals surface area contributed by atoms with Crippen LogP contribution in [0.2, 0.25) is 0 Å². The fourth-order valence-electron chi connectivity index (χ4n) is 4.01. The van der Waals surface area contributed by atoms with E-state index in [-0.39, 0.29) is 11.9 Å². The molecule has 160 valence electrons. The van der Waals surface area contributed by atoms with Crippen molar-refractivity contribution in [3.05, 3.63) is 82.9 Å². The summed E-state index contributed by atoms with van der Waals surface area (Å²) in [5, 5.41) is 0. The van der Waals surface area contributed by atoms with Crippen molar-refractivity contribution in [1.29, 1.82) is 0 Å². The summed E-state index contributed by atoms with van der Waals surface area (Å²) < 4.78 is 17.2. The first-order chi connectivity index (χ1) is 14.9. The Labute approximate surface area is 183 Å². The first-order valence-corrected chi connectivity index (χ1v) is 10.3. The number of aryl methyl sites for hydroxylation is 3. The second kappa shape index (κ2) is 8.34. The van der Waals surface area contributed by atoms with Gasteiger partial charge >= 0.3 is 0 Å². The fourth-order valence-corrected chi connectivity index (χ4v) is 4.01. The van der Waals surface area contributed by atoms with Crippen molar-refractivity contribution in [3.8, 4) is 17.2 Å². The van der Waals surface area contributed by atoms with E-state index in [9.17, 15) is 4.79 Å². The molecular weight excluding hydrogens is 390 g/mol. The van der Waals surface area contributed by atoms with Gasteiger partial charge in [-0.1, -0.05) is 36.4 Å². The highest BCUT2D eigenvalue weighted by molar-refractivity contribution is 6.06. The average molecular weight is 418 g/mol. The lowest BCUT2D eigenvalue weighted by Crippen LogP contribution is -2.62. The summed E-state index contributed by atoms with van der Waals surface area (Å²) in [7, 11) is 3.22. The molecule has 0 unspecified atom stereocenters. The van der Waals surface area contributed by atoms with Crippen LogP contribution < -0.4 is 19.1 Å². The highest BCUT2D eigenvalue weighted by atomic mass is 16.5. The number of carbonyl (C=O) groups excluding carboxylic acids is 1. The summed E-state index contributed by atoms with van der Waals surface area (Å²) in [5.74, 6) is 1.92. The van der Waals surface area contributed by atoms with E-state index >= 15 is 0 Å². The molecule has 0 bridgehead atoms. The predicted molar refractivity (Wildman–Crippen MR) is 121 cm³/mol. The van der Waals surface area contributed by atoms with Gasteiger partial charge in [0.25, 0.3) is 5.91 Å². The van der Waals surface area contributed by atoms with E-state index < -0.39 is 6.10 Å². The number of para-hydroxylation sites is 1. The number of hydrogen-bond donors (Lipinski definition) is 0. The lowest BCUT2D eigenvalue weighted by atomic mass is 9.88. The third kappa shape index (κ3) is 3.72. The molecule has 4 rings (SSSR count). The number of nitrogens with zero attached hydrogens (tertiary/aromatic N) is 1. The lowest BCUT2D eigenvalue weighted by molar-refractivity contribution is -0.135. The monoisotopic (exact) mass is 417 g/mol. The zero-order valence-electron chi connectivity index (χ0n) is 18.5. The molecule has 0 aliphatic carbocycles. The van der Waals surface area contributed by atoms with Gasteiger partial charge in [0.15, 0.2) is 11.5 Å². The second-order valence-corrected chi connectivity index (χ2v) is 7.86. The number of rotatable bonds is 6. The Kier molecular flexibility index (Phi) is 5.59. The molecule has 1 fully saturated rings. The van der Waals surface area contributed by atoms with E-state index in [0.29, 0.717) is 17.2 Å². The second-order valence-electron chi connectivity index (χ2n) is 7.86. The minimum absolute atomic E-state index is 0.0586. The van der Waals surface area contributed by atoms with Gasteiger partial charge in [-0.05, 0) is 67.3 Å². The number of ether oxygens (including phenoxy) is 3. The molecule has 1 saturated heterocycles.